The van der Waals surface area contributed by atoms with Gasteiger partial charge in [-0.25, -0.2) is 8.78 Å². The summed E-state index contributed by atoms with van der Waals surface area (Å²) in [6.07, 6.45) is 0.913. The third kappa shape index (κ3) is 2.43. The summed E-state index contributed by atoms with van der Waals surface area (Å²) in [6, 6.07) is 1.85. The van der Waals surface area contributed by atoms with Crippen molar-refractivity contribution in [3.63, 3.8) is 0 Å². The number of halogens is 2. The van der Waals surface area contributed by atoms with Crippen LogP contribution in [0, 0.1) is 11.6 Å². The van der Waals surface area contributed by atoms with E-state index < -0.39 is 11.6 Å². The molecule has 6 heteroatoms. The second-order valence-electron chi connectivity index (χ2n) is 4.29. The fourth-order valence-corrected chi connectivity index (χ4v) is 3.20. The monoisotopic (exact) mass is 272 g/mol. The molecule has 18 heavy (non-hydrogen) atoms. The van der Waals surface area contributed by atoms with Gasteiger partial charge in [0.05, 0.1) is 5.56 Å². The molecule has 0 saturated carbocycles. The average molecular weight is 272 g/mol. The summed E-state index contributed by atoms with van der Waals surface area (Å²) < 4.78 is 26.1. The SMILES string of the molecule is CN(C(=O)c1cc(F)c(F)cc1N)C1CCSC1. The number of carbonyl (C=O) groups excluding carboxylic acids is 1. The molecule has 2 rings (SSSR count). The van der Waals surface area contributed by atoms with Crippen molar-refractivity contribution in [2.24, 2.45) is 0 Å². The Morgan fingerprint density at radius 2 is 2.11 bits per heavy atom. The van der Waals surface area contributed by atoms with Gasteiger partial charge in [-0.2, -0.15) is 11.8 Å². The summed E-state index contributed by atoms with van der Waals surface area (Å²) in [5.41, 5.74) is 5.56. The van der Waals surface area contributed by atoms with E-state index in [0.29, 0.717) is 0 Å². The summed E-state index contributed by atoms with van der Waals surface area (Å²) in [7, 11) is 1.67. The third-order valence-electron chi connectivity index (χ3n) is 3.10. The number of nitrogen functional groups attached to an aromatic ring is 1. The Labute approximate surface area is 108 Å². The second-order valence-corrected chi connectivity index (χ2v) is 5.44. The summed E-state index contributed by atoms with van der Waals surface area (Å²) >= 11 is 1.77. The van der Waals surface area contributed by atoms with E-state index in [4.69, 9.17) is 5.73 Å². The summed E-state index contributed by atoms with van der Waals surface area (Å²) in [5, 5.41) is 0. The zero-order valence-electron chi connectivity index (χ0n) is 9.95. The van der Waals surface area contributed by atoms with Crippen molar-refractivity contribution in [3.05, 3.63) is 29.3 Å². The van der Waals surface area contributed by atoms with Crippen LogP contribution in [0.3, 0.4) is 0 Å². The van der Waals surface area contributed by atoms with Crippen molar-refractivity contribution >= 4 is 23.4 Å². The van der Waals surface area contributed by atoms with E-state index in [1.165, 1.54) is 0 Å². The Bertz CT molecular complexity index is 475. The molecular formula is C12H14F2N2OS. The minimum Gasteiger partial charge on any atom is -0.398 e. The van der Waals surface area contributed by atoms with Crippen LogP contribution < -0.4 is 5.73 Å². The lowest BCUT2D eigenvalue weighted by Crippen LogP contribution is -2.37. The molecule has 1 aromatic carbocycles. The molecule has 1 atom stereocenters. The van der Waals surface area contributed by atoms with Crippen LogP contribution in [-0.2, 0) is 0 Å². The zero-order chi connectivity index (χ0) is 13.3. The number of carbonyl (C=O) groups is 1. The van der Waals surface area contributed by atoms with Gasteiger partial charge in [0.25, 0.3) is 5.91 Å². The molecule has 0 radical (unpaired) electrons. The molecule has 1 aromatic rings. The molecule has 3 nitrogen and oxygen atoms in total. The van der Waals surface area contributed by atoms with Gasteiger partial charge in [-0.1, -0.05) is 0 Å². The van der Waals surface area contributed by atoms with E-state index in [1.54, 1.807) is 23.7 Å². The lowest BCUT2D eigenvalue weighted by atomic mass is 10.1. The maximum absolute atomic E-state index is 13.2. The Kier molecular flexibility index (Phi) is 3.75. The molecule has 1 amide bonds. The van der Waals surface area contributed by atoms with Gasteiger partial charge in [-0.15, -0.1) is 0 Å². The van der Waals surface area contributed by atoms with E-state index >= 15 is 0 Å². The number of hydrogen-bond acceptors (Lipinski definition) is 3. The van der Waals surface area contributed by atoms with Crippen molar-refractivity contribution in [1.82, 2.24) is 4.90 Å². The molecular weight excluding hydrogens is 258 g/mol. The van der Waals surface area contributed by atoms with Gasteiger partial charge in [0.2, 0.25) is 0 Å². The van der Waals surface area contributed by atoms with Crippen LogP contribution in [0.1, 0.15) is 16.8 Å². The highest BCUT2D eigenvalue weighted by atomic mass is 32.2. The third-order valence-corrected chi connectivity index (χ3v) is 4.24. The van der Waals surface area contributed by atoms with Crippen molar-refractivity contribution in [2.45, 2.75) is 12.5 Å². The topological polar surface area (TPSA) is 46.3 Å². The highest BCUT2D eigenvalue weighted by Gasteiger charge is 2.26. The van der Waals surface area contributed by atoms with E-state index in [9.17, 15) is 13.6 Å². The quantitative estimate of drug-likeness (QED) is 0.839. The number of hydrogen-bond donors (Lipinski definition) is 1. The second kappa shape index (κ2) is 5.14. The van der Waals surface area contributed by atoms with E-state index in [-0.39, 0.29) is 23.2 Å². The number of rotatable bonds is 2. The highest BCUT2D eigenvalue weighted by molar-refractivity contribution is 7.99. The van der Waals surface area contributed by atoms with Crippen molar-refractivity contribution in [3.8, 4) is 0 Å². The minimum absolute atomic E-state index is 0.0216. The van der Waals surface area contributed by atoms with E-state index in [0.717, 1.165) is 30.1 Å². The smallest absolute Gasteiger partial charge is 0.256 e. The lowest BCUT2D eigenvalue weighted by Gasteiger charge is -2.24. The van der Waals surface area contributed by atoms with Gasteiger partial charge in [0.1, 0.15) is 0 Å². The molecule has 1 unspecified atom stereocenters. The number of anilines is 1. The molecule has 0 aromatic heterocycles. The first kappa shape index (κ1) is 13.1. The summed E-state index contributed by atoms with van der Waals surface area (Å²) in [5.74, 6) is -0.578. The highest BCUT2D eigenvalue weighted by Crippen LogP contribution is 2.24. The molecule has 98 valence electrons. The van der Waals surface area contributed by atoms with Crippen molar-refractivity contribution < 1.29 is 13.6 Å². The summed E-state index contributed by atoms with van der Waals surface area (Å²) in [6.45, 7) is 0. The number of thioether (sulfide) groups is 1. The maximum atomic E-state index is 13.2. The fourth-order valence-electron chi connectivity index (χ4n) is 1.93. The van der Waals surface area contributed by atoms with Gasteiger partial charge in [-0.05, 0) is 18.2 Å². The van der Waals surface area contributed by atoms with Gasteiger partial charge in [0.15, 0.2) is 11.6 Å². The van der Waals surface area contributed by atoms with Gasteiger partial charge >= 0.3 is 0 Å². The number of nitrogens with zero attached hydrogens (tertiary/aromatic N) is 1. The Morgan fingerprint density at radius 3 is 2.72 bits per heavy atom. The molecule has 0 aliphatic carbocycles. The van der Waals surface area contributed by atoms with Crippen LogP contribution in [0.4, 0.5) is 14.5 Å². The standard InChI is InChI=1S/C12H14F2N2OS/c1-16(7-2-3-18-6-7)12(17)8-4-9(13)10(14)5-11(8)15/h4-5,7H,2-3,6,15H2,1H3. The molecule has 1 fully saturated rings. The van der Waals surface area contributed by atoms with Crippen LogP contribution in [-0.4, -0.2) is 35.4 Å². The van der Waals surface area contributed by atoms with Gasteiger partial charge in [0, 0.05) is 30.6 Å². The van der Waals surface area contributed by atoms with Crippen molar-refractivity contribution in [2.75, 3.05) is 24.3 Å². The number of benzene rings is 1. The van der Waals surface area contributed by atoms with Gasteiger partial charge < -0.3 is 10.6 Å². The average Bonchev–Trinajstić information content (AvgIpc) is 2.85. The first-order valence-corrected chi connectivity index (χ1v) is 6.75. The molecule has 1 heterocycles. The predicted molar refractivity (Wildman–Crippen MR) is 68.6 cm³/mol. The molecule has 0 spiro atoms. The number of amides is 1. The van der Waals surface area contributed by atoms with Crippen LogP contribution in [0.15, 0.2) is 12.1 Å². The largest absolute Gasteiger partial charge is 0.398 e. The first-order valence-electron chi connectivity index (χ1n) is 5.60. The fraction of sp³-hybridized carbons (Fsp3) is 0.417. The van der Waals surface area contributed by atoms with Gasteiger partial charge in [-0.3, -0.25) is 4.79 Å². The Hall–Kier alpha value is -1.30. The van der Waals surface area contributed by atoms with E-state index in [1.807, 2.05) is 0 Å². The number of nitrogens with two attached hydrogens (primary N) is 1. The maximum Gasteiger partial charge on any atom is 0.256 e. The van der Waals surface area contributed by atoms with E-state index in [2.05, 4.69) is 0 Å². The predicted octanol–water partition coefficient (Wildman–Crippen LogP) is 2.12. The molecule has 2 N–H and O–H groups in total. The molecule has 0 bridgehead atoms. The minimum atomic E-state index is -1.05. The molecule has 1 aliphatic rings. The van der Waals surface area contributed by atoms with Crippen LogP contribution in [0.25, 0.3) is 0 Å². The lowest BCUT2D eigenvalue weighted by molar-refractivity contribution is 0.0748. The molecule has 1 saturated heterocycles. The normalized spacial score (nSPS) is 18.9. The Balaban J connectivity index is 2.25. The van der Waals surface area contributed by atoms with Crippen molar-refractivity contribution in [1.29, 1.82) is 0 Å². The molecule has 1 aliphatic heterocycles. The Morgan fingerprint density at radius 1 is 1.44 bits per heavy atom. The summed E-state index contributed by atoms with van der Waals surface area (Å²) in [4.78, 5) is 13.7. The van der Waals surface area contributed by atoms with Crippen LogP contribution in [0.5, 0.6) is 0 Å². The van der Waals surface area contributed by atoms with Crippen LogP contribution in [0.2, 0.25) is 0 Å². The first-order chi connectivity index (χ1) is 8.50. The van der Waals surface area contributed by atoms with Crippen LogP contribution >= 0.6 is 11.8 Å². The zero-order valence-corrected chi connectivity index (χ0v) is 10.8.